The lowest BCUT2D eigenvalue weighted by atomic mass is 9.97. The van der Waals surface area contributed by atoms with Gasteiger partial charge in [0.25, 0.3) is 0 Å². The highest BCUT2D eigenvalue weighted by molar-refractivity contribution is 9.10. The molecule has 1 atom stereocenters. The number of rotatable bonds is 9. The number of amides is 1. The van der Waals surface area contributed by atoms with Crippen molar-refractivity contribution >= 4 is 21.8 Å². The SMILES string of the molecule is O=C(NCCCOC1CCCCC1)C1CCCN(Cc2nc(-c3ccc(Br)cc3)no2)C1. The monoisotopic (exact) mass is 504 g/mol. The summed E-state index contributed by atoms with van der Waals surface area (Å²) in [6.07, 6.45) is 9.52. The molecule has 1 N–H and O–H groups in total. The predicted molar refractivity (Wildman–Crippen MR) is 126 cm³/mol. The van der Waals surface area contributed by atoms with Gasteiger partial charge in [0.2, 0.25) is 17.6 Å². The lowest BCUT2D eigenvalue weighted by Gasteiger charge is -2.30. The number of hydrogen-bond donors (Lipinski definition) is 1. The van der Waals surface area contributed by atoms with Crippen molar-refractivity contribution in [1.82, 2.24) is 20.4 Å². The van der Waals surface area contributed by atoms with E-state index >= 15 is 0 Å². The molecule has 32 heavy (non-hydrogen) atoms. The molecule has 1 unspecified atom stereocenters. The fourth-order valence-corrected chi connectivity index (χ4v) is 4.81. The Kier molecular flexibility index (Phi) is 8.70. The van der Waals surface area contributed by atoms with Crippen LogP contribution in [0.1, 0.15) is 57.3 Å². The topological polar surface area (TPSA) is 80.5 Å². The van der Waals surface area contributed by atoms with E-state index in [9.17, 15) is 4.79 Å². The normalized spacial score (nSPS) is 20.3. The molecule has 4 rings (SSSR count). The van der Waals surface area contributed by atoms with E-state index < -0.39 is 0 Å². The Bertz CT molecular complexity index is 851. The number of benzene rings is 1. The molecule has 8 heteroatoms. The smallest absolute Gasteiger partial charge is 0.241 e. The fraction of sp³-hybridized carbons (Fsp3) is 0.625. The van der Waals surface area contributed by atoms with Crippen LogP contribution in [-0.4, -0.2) is 53.3 Å². The maximum Gasteiger partial charge on any atom is 0.241 e. The van der Waals surface area contributed by atoms with Crippen LogP contribution >= 0.6 is 15.9 Å². The van der Waals surface area contributed by atoms with E-state index in [-0.39, 0.29) is 11.8 Å². The Morgan fingerprint density at radius 1 is 1.16 bits per heavy atom. The number of carbonyl (C=O) groups excluding carboxylic acids is 1. The third-order valence-corrected chi connectivity index (χ3v) is 6.86. The van der Waals surface area contributed by atoms with Gasteiger partial charge in [-0.3, -0.25) is 9.69 Å². The number of likely N-dealkylation sites (tertiary alicyclic amines) is 1. The quantitative estimate of drug-likeness (QED) is 0.503. The molecule has 1 aromatic heterocycles. The van der Waals surface area contributed by atoms with E-state index in [4.69, 9.17) is 9.26 Å². The molecule has 174 valence electrons. The van der Waals surface area contributed by atoms with Crippen LogP contribution in [0.4, 0.5) is 0 Å². The summed E-state index contributed by atoms with van der Waals surface area (Å²) in [7, 11) is 0. The van der Waals surface area contributed by atoms with Crippen molar-refractivity contribution in [1.29, 1.82) is 0 Å². The van der Waals surface area contributed by atoms with Gasteiger partial charge in [-0.15, -0.1) is 0 Å². The molecule has 0 radical (unpaired) electrons. The number of ether oxygens (including phenoxy) is 1. The van der Waals surface area contributed by atoms with Crippen LogP contribution < -0.4 is 5.32 Å². The van der Waals surface area contributed by atoms with Gasteiger partial charge >= 0.3 is 0 Å². The summed E-state index contributed by atoms with van der Waals surface area (Å²) in [5, 5.41) is 7.21. The highest BCUT2D eigenvalue weighted by atomic mass is 79.9. The summed E-state index contributed by atoms with van der Waals surface area (Å²) in [5.74, 6) is 1.34. The molecule has 1 saturated heterocycles. The summed E-state index contributed by atoms with van der Waals surface area (Å²) in [5.41, 5.74) is 0.923. The molecule has 0 bridgehead atoms. The Morgan fingerprint density at radius 2 is 1.97 bits per heavy atom. The summed E-state index contributed by atoms with van der Waals surface area (Å²) in [6, 6.07) is 7.84. The average molecular weight is 505 g/mol. The summed E-state index contributed by atoms with van der Waals surface area (Å²) >= 11 is 3.44. The van der Waals surface area contributed by atoms with Crippen molar-refractivity contribution < 1.29 is 14.1 Å². The van der Waals surface area contributed by atoms with Crippen LogP contribution in [0.25, 0.3) is 11.4 Å². The first kappa shape index (κ1) is 23.4. The second kappa shape index (κ2) is 11.9. The van der Waals surface area contributed by atoms with Crippen molar-refractivity contribution in [3.8, 4) is 11.4 Å². The van der Waals surface area contributed by atoms with Gasteiger partial charge in [0.05, 0.1) is 18.6 Å². The van der Waals surface area contributed by atoms with Crippen LogP contribution in [0.2, 0.25) is 0 Å². The van der Waals surface area contributed by atoms with Crippen molar-refractivity contribution in [2.24, 2.45) is 5.92 Å². The molecule has 2 heterocycles. The number of nitrogens with one attached hydrogen (secondary N) is 1. The minimum atomic E-state index is 0.0110. The number of carbonyl (C=O) groups is 1. The number of hydrogen-bond acceptors (Lipinski definition) is 6. The van der Waals surface area contributed by atoms with Gasteiger partial charge in [0.1, 0.15) is 0 Å². The first-order valence-electron chi connectivity index (χ1n) is 11.9. The van der Waals surface area contributed by atoms with E-state index in [1.807, 2.05) is 24.3 Å². The van der Waals surface area contributed by atoms with E-state index in [0.717, 1.165) is 49.0 Å². The zero-order valence-corrected chi connectivity index (χ0v) is 20.2. The summed E-state index contributed by atoms with van der Waals surface area (Å²) < 4.78 is 12.4. The molecule has 2 aromatic rings. The molecule has 2 aliphatic rings. The van der Waals surface area contributed by atoms with E-state index in [2.05, 4.69) is 36.3 Å². The second-order valence-electron chi connectivity index (χ2n) is 8.87. The fourth-order valence-electron chi connectivity index (χ4n) is 4.55. The zero-order valence-electron chi connectivity index (χ0n) is 18.6. The second-order valence-corrected chi connectivity index (χ2v) is 9.78. The molecular formula is C24H33BrN4O3. The van der Waals surface area contributed by atoms with Crippen molar-refractivity contribution in [2.45, 2.75) is 64.0 Å². The number of nitrogens with zero attached hydrogens (tertiary/aromatic N) is 3. The summed E-state index contributed by atoms with van der Waals surface area (Å²) in [6.45, 7) is 3.65. The molecule has 7 nitrogen and oxygen atoms in total. The first-order chi connectivity index (χ1) is 15.7. The van der Waals surface area contributed by atoms with Crippen molar-refractivity contribution in [3.05, 3.63) is 34.6 Å². The number of halogens is 1. The predicted octanol–water partition coefficient (Wildman–Crippen LogP) is 4.57. The van der Waals surface area contributed by atoms with Gasteiger partial charge in [-0.1, -0.05) is 40.3 Å². The standard InChI is InChI=1S/C24H33BrN4O3/c25-20-11-9-18(10-12-20)23-27-22(32-28-23)17-29-14-4-6-19(16-29)24(30)26-13-5-15-31-21-7-2-1-3-8-21/h9-12,19,21H,1-8,13-17H2,(H,26,30). The molecule has 0 spiro atoms. The Morgan fingerprint density at radius 3 is 2.78 bits per heavy atom. The van der Waals surface area contributed by atoms with Crippen LogP contribution in [0, 0.1) is 5.92 Å². The minimum Gasteiger partial charge on any atom is -0.378 e. The maximum absolute atomic E-state index is 12.6. The third kappa shape index (κ3) is 6.86. The molecule has 1 aliphatic carbocycles. The van der Waals surface area contributed by atoms with E-state index in [0.29, 0.717) is 30.9 Å². The lowest BCUT2D eigenvalue weighted by Crippen LogP contribution is -2.43. The van der Waals surface area contributed by atoms with Gasteiger partial charge in [-0.2, -0.15) is 4.98 Å². The molecule has 2 fully saturated rings. The van der Waals surface area contributed by atoms with Gasteiger partial charge in [-0.05, 0) is 62.9 Å². The molecule has 1 saturated carbocycles. The Hall–Kier alpha value is -1.77. The molecular weight excluding hydrogens is 472 g/mol. The van der Waals surface area contributed by atoms with Crippen LogP contribution in [0.5, 0.6) is 0 Å². The maximum atomic E-state index is 12.6. The average Bonchev–Trinajstić information content (AvgIpc) is 3.28. The zero-order chi connectivity index (χ0) is 22.2. The van der Waals surface area contributed by atoms with Gasteiger partial charge in [-0.25, -0.2) is 0 Å². The van der Waals surface area contributed by atoms with Crippen molar-refractivity contribution in [2.75, 3.05) is 26.2 Å². The first-order valence-corrected chi connectivity index (χ1v) is 12.7. The van der Waals surface area contributed by atoms with Crippen molar-refractivity contribution in [3.63, 3.8) is 0 Å². The Balaban J connectivity index is 1.18. The third-order valence-electron chi connectivity index (χ3n) is 6.33. The van der Waals surface area contributed by atoms with E-state index in [1.165, 1.54) is 32.1 Å². The van der Waals surface area contributed by atoms with Gasteiger partial charge < -0.3 is 14.6 Å². The highest BCUT2D eigenvalue weighted by Crippen LogP contribution is 2.22. The Labute approximate surface area is 198 Å². The van der Waals surface area contributed by atoms with Gasteiger partial charge in [0, 0.05) is 29.7 Å². The largest absolute Gasteiger partial charge is 0.378 e. The van der Waals surface area contributed by atoms with Crippen LogP contribution in [-0.2, 0) is 16.1 Å². The minimum absolute atomic E-state index is 0.0110. The van der Waals surface area contributed by atoms with Gasteiger partial charge in [0.15, 0.2) is 0 Å². The highest BCUT2D eigenvalue weighted by Gasteiger charge is 2.26. The number of aromatic nitrogens is 2. The van der Waals surface area contributed by atoms with Crippen LogP contribution in [0.3, 0.4) is 0 Å². The number of piperidine rings is 1. The lowest BCUT2D eigenvalue weighted by molar-refractivity contribution is -0.126. The van der Waals surface area contributed by atoms with E-state index in [1.54, 1.807) is 0 Å². The molecule has 1 amide bonds. The summed E-state index contributed by atoms with van der Waals surface area (Å²) in [4.78, 5) is 19.4. The molecule has 1 aromatic carbocycles. The molecule has 1 aliphatic heterocycles. The van der Waals surface area contributed by atoms with Crippen LogP contribution in [0.15, 0.2) is 33.3 Å².